The first-order valence-electron chi connectivity index (χ1n) is 9.21. The van der Waals surface area contributed by atoms with Crippen molar-refractivity contribution in [3.8, 4) is 11.5 Å². The molecule has 2 heterocycles. The molecule has 0 radical (unpaired) electrons. The monoisotopic (exact) mass is 365 g/mol. The summed E-state index contributed by atoms with van der Waals surface area (Å²) in [7, 11) is 0. The number of aromatic nitrogens is 1. The highest BCUT2D eigenvalue weighted by Crippen LogP contribution is 2.32. The molecule has 0 fully saturated rings. The lowest BCUT2D eigenvalue weighted by Crippen LogP contribution is -2.40. The Kier molecular flexibility index (Phi) is 4.87. The van der Waals surface area contributed by atoms with E-state index in [1.165, 1.54) is 10.9 Å². The molecule has 140 valence electrons. The fourth-order valence-corrected chi connectivity index (χ4v) is 3.34. The number of nitrogens with zero attached hydrogens (tertiary/aromatic N) is 1. The van der Waals surface area contributed by atoms with E-state index in [4.69, 9.17) is 9.47 Å². The van der Waals surface area contributed by atoms with Crippen molar-refractivity contribution in [2.45, 2.75) is 19.9 Å². The van der Waals surface area contributed by atoms with E-state index in [1.54, 1.807) is 4.90 Å². The highest BCUT2D eigenvalue weighted by Gasteiger charge is 2.16. The van der Waals surface area contributed by atoms with Gasteiger partial charge in [-0.05, 0) is 42.7 Å². The van der Waals surface area contributed by atoms with Gasteiger partial charge in [0.1, 0.15) is 0 Å². The molecule has 2 aromatic carbocycles. The van der Waals surface area contributed by atoms with E-state index in [9.17, 15) is 4.79 Å². The molecule has 1 aliphatic heterocycles. The number of fused-ring (bicyclic) bond motifs is 2. The summed E-state index contributed by atoms with van der Waals surface area (Å²) in [6, 6.07) is 13.9. The molecule has 1 aliphatic rings. The van der Waals surface area contributed by atoms with Gasteiger partial charge in [0.15, 0.2) is 11.5 Å². The van der Waals surface area contributed by atoms with Gasteiger partial charge in [0.05, 0.1) is 0 Å². The largest absolute Gasteiger partial charge is 0.454 e. The van der Waals surface area contributed by atoms with Crippen LogP contribution in [0.2, 0.25) is 0 Å². The third-order valence-corrected chi connectivity index (χ3v) is 4.82. The van der Waals surface area contributed by atoms with Crippen molar-refractivity contribution in [1.82, 2.24) is 15.2 Å². The molecule has 0 saturated heterocycles. The lowest BCUT2D eigenvalue weighted by Gasteiger charge is -2.21. The van der Waals surface area contributed by atoms with E-state index in [1.807, 2.05) is 43.5 Å². The van der Waals surface area contributed by atoms with Crippen LogP contribution in [0, 0.1) is 0 Å². The summed E-state index contributed by atoms with van der Waals surface area (Å²) >= 11 is 0. The van der Waals surface area contributed by atoms with E-state index in [0.717, 1.165) is 29.0 Å². The van der Waals surface area contributed by atoms with Crippen LogP contribution in [0.5, 0.6) is 11.5 Å². The van der Waals surface area contributed by atoms with E-state index in [2.05, 4.69) is 22.4 Å². The molecule has 0 spiro atoms. The van der Waals surface area contributed by atoms with Crippen molar-refractivity contribution in [3.05, 3.63) is 59.8 Å². The fourth-order valence-electron chi connectivity index (χ4n) is 3.34. The van der Waals surface area contributed by atoms with E-state index in [0.29, 0.717) is 19.6 Å². The Morgan fingerprint density at radius 3 is 2.93 bits per heavy atom. The zero-order valence-electron chi connectivity index (χ0n) is 15.3. The van der Waals surface area contributed by atoms with E-state index < -0.39 is 0 Å². The number of carbonyl (C=O) groups is 1. The molecule has 3 aromatic rings. The maximum absolute atomic E-state index is 12.6. The molecule has 0 saturated carbocycles. The number of aromatic amines is 1. The minimum Gasteiger partial charge on any atom is -0.454 e. The number of para-hydroxylation sites is 1. The minimum absolute atomic E-state index is 0.0602. The quantitative estimate of drug-likeness (QED) is 0.700. The van der Waals surface area contributed by atoms with Gasteiger partial charge in [0, 0.05) is 36.7 Å². The van der Waals surface area contributed by atoms with Crippen molar-refractivity contribution in [2.75, 3.05) is 19.9 Å². The Morgan fingerprint density at radius 2 is 2.04 bits per heavy atom. The van der Waals surface area contributed by atoms with Gasteiger partial charge in [-0.3, -0.25) is 0 Å². The second-order valence-electron chi connectivity index (χ2n) is 6.54. The van der Waals surface area contributed by atoms with E-state index in [-0.39, 0.29) is 12.8 Å². The van der Waals surface area contributed by atoms with Gasteiger partial charge in [-0.1, -0.05) is 24.3 Å². The number of benzene rings is 2. The number of urea groups is 1. The molecule has 0 atom stereocenters. The number of ether oxygens (including phenoxy) is 2. The second-order valence-corrected chi connectivity index (χ2v) is 6.54. The van der Waals surface area contributed by atoms with Crippen LogP contribution >= 0.6 is 0 Å². The molecule has 0 unspecified atom stereocenters. The van der Waals surface area contributed by atoms with Gasteiger partial charge in [-0.15, -0.1) is 0 Å². The summed E-state index contributed by atoms with van der Waals surface area (Å²) in [6.07, 6.45) is 2.80. The highest BCUT2D eigenvalue weighted by molar-refractivity contribution is 5.83. The first kappa shape index (κ1) is 17.3. The summed E-state index contributed by atoms with van der Waals surface area (Å²) in [4.78, 5) is 17.6. The minimum atomic E-state index is -0.0602. The van der Waals surface area contributed by atoms with Gasteiger partial charge in [-0.2, -0.15) is 0 Å². The van der Waals surface area contributed by atoms with Crippen LogP contribution in [-0.2, 0) is 13.0 Å². The number of amides is 2. The zero-order valence-corrected chi connectivity index (χ0v) is 15.3. The smallest absolute Gasteiger partial charge is 0.317 e. The van der Waals surface area contributed by atoms with Crippen molar-refractivity contribution < 1.29 is 14.3 Å². The Labute approximate surface area is 158 Å². The summed E-state index contributed by atoms with van der Waals surface area (Å²) in [5.74, 6) is 1.49. The number of H-pyrrole nitrogens is 1. The van der Waals surface area contributed by atoms with Crippen LogP contribution in [0.15, 0.2) is 48.7 Å². The van der Waals surface area contributed by atoms with Crippen molar-refractivity contribution in [1.29, 1.82) is 0 Å². The number of hydrogen-bond donors (Lipinski definition) is 2. The van der Waals surface area contributed by atoms with Crippen LogP contribution in [0.4, 0.5) is 4.79 Å². The summed E-state index contributed by atoms with van der Waals surface area (Å²) in [6.45, 7) is 3.99. The van der Waals surface area contributed by atoms with Crippen LogP contribution in [0.25, 0.3) is 10.9 Å². The normalized spacial score (nSPS) is 12.3. The molecule has 0 bridgehead atoms. The Bertz CT molecular complexity index is 951. The van der Waals surface area contributed by atoms with Crippen LogP contribution < -0.4 is 14.8 Å². The predicted molar refractivity (Wildman–Crippen MR) is 104 cm³/mol. The molecule has 6 nitrogen and oxygen atoms in total. The number of hydrogen-bond acceptors (Lipinski definition) is 3. The molecule has 2 N–H and O–H groups in total. The van der Waals surface area contributed by atoms with Crippen LogP contribution in [0.3, 0.4) is 0 Å². The zero-order chi connectivity index (χ0) is 18.6. The lowest BCUT2D eigenvalue weighted by molar-refractivity contribution is 0.173. The molecule has 4 rings (SSSR count). The number of carbonyl (C=O) groups excluding carboxylic acids is 1. The van der Waals surface area contributed by atoms with Gasteiger partial charge in [0.2, 0.25) is 6.79 Å². The van der Waals surface area contributed by atoms with Crippen LogP contribution in [0.1, 0.15) is 18.1 Å². The van der Waals surface area contributed by atoms with Gasteiger partial charge in [-0.25, -0.2) is 4.79 Å². The van der Waals surface area contributed by atoms with Gasteiger partial charge < -0.3 is 24.7 Å². The van der Waals surface area contributed by atoms with Gasteiger partial charge in [0.25, 0.3) is 0 Å². The first-order valence-corrected chi connectivity index (χ1v) is 9.21. The Morgan fingerprint density at radius 1 is 1.19 bits per heavy atom. The summed E-state index contributed by atoms with van der Waals surface area (Å²) in [5, 5.41) is 4.23. The number of rotatable bonds is 6. The summed E-state index contributed by atoms with van der Waals surface area (Å²) < 4.78 is 10.7. The van der Waals surface area contributed by atoms with Gasteiger partial charge >= 0.3 is 6.03 Å². The highest BCUT2D eigenvalue weighted by atomic mass is 16.7. The number of nitrogens with one attached hydrogen (secondary N) is 2. The Hall–Kier alpha value is -3.15. The molecule has 2 amide bonds. The molecule has 27 heavy (non-hydrogen) atoms. The molecule has 1 aromatic heterocycles. The second kappa shape index (κ2) is 7.61. The SMILES string of the molecule is CCN(Cc1ccc2c(c1)OCO2)C(=O)NCCc1c[nH]c2ccccc12. The standard InChI is InChI=1S/C21H23N3O3/c1-2-24(13-15-7-8-19-20(11-15)27-14-26-19)21(25)22-10-9-16-12-23-18-6-4-3-5-17(16)18/h3-8,11-12,23H,2,9-10,13-14H2,1H3,(H,22,25). The average molecular weight is 365 g/mol. The summed E-state index contributed by atoms with van der Waals surface area (Å²) in [5.41, 5.74) is 3.36. The maximum atomic E-state index is 12.6. The maximum Gasteiger partial charge on any atom is 0.317 e. The molecular weight excluding hydrogens is 342 g/mol. The third-order valence-electron chi connectivity index (χ3n) is 4.82. The third kappa shape index (κ3) is 3.69. The molecule has 0 aliphatic carbocycles. The van der Waals surface area contributed by atoms with E-state index >= 15 is 0 Å². The fraction of sp³-hybridized carbons (Fsp3) is 0.286. The van der Waals surface area contributed by atoms with Crippen molar-refractivity contribution in [3.63, 3.8) is 0 Å². The average Bonchev–Trinajstić information content (AvgIpc) is 3.32. The topological polar surface area (TPSA) is 66.6 Å². The lowest BCUT2D eigenvalue weighted by atomic mass is 10.1. The Balaban J connectivity index is 1.33. The predicted octanol–water partition coefficient (Wildman–Crippen LogP) is 3.67. The van der Waals surface area contributed by atoms with Crippen molar-refractivity contribution >= 4 is 16.9 Å². The van der Waals surface area contributed by atoms with Crippen molar-refractivity contribution in [2.24, 2.45) is 0 Å². The molecule has 6 heteroatoms. The molecular formula is C21H23N3O3. The first-order chi connectivity index (χ1) is 13.2. The van der Waals surface area contributed by atoms with Crippen LogP contribution in [-0.4, -0.2) is 35.8 Å².